The molecule has 90 valence electrons. The molecule has 16 heavy (non-hydrogen) atoms. The van der Waals surface area contributed by atoms with E-state index in [9.17, 15) is 4.79 Å². The van der Waals surface area contributed by atoms with Gasteiger partial charge in [0, 0.05) is 18.2 Å². The van der Waals surface area contributed by atoms with Crippen molar-refractivity contribution in [3.8, 4) is 11.5 Å². The highest BCUT2D eigenvalue weighted by Gasteiger charge is 2.05. The van der Waals surface area contributed by atoms with E-state index in [4.69, 9.17) is 9.47 Å². The molecule has 0 bridgehead atoms. The highest BCUT2D eigenvalue weighted by molar-refractivity contribution is 5.90. The summed E-state index contributed by atoms with van der Waals surface area (Å²) in [6.45, 7) is 1.80. The lowest BCUT2D eigenvalue weighted by molar-refractivity contribution is -0.115. The van der Waals surface area contributed by atoms with Crippen LogP contribution < -0.4 is 14.8 Å². The summed E-state index contributed by atoms with van der Waals surface area (Å²) in [4.78, 5) is 11.2. The average Bonchev–Trinajstić information content (AvgIpc) is 2.28. The highest BCUT2D eigenvalue weighted by Crippen LogP contribution is 2.29. The van der Waals surface area contributed by atoms with Gasteiger partial charge in [0.1, 0.15) is 0 Å². The van der Waals surface area contributed by atoms with Crippen molar-refractivity contribution in [2.75, 3.05) is 19.5 Å². The number of carbonyl (C=O) groups is 1. The molecule has 0 saturated heterocycles. The quantitative estimate of drug-likeness (QED) is 0.887. The first kappa shape index (κ1) is 14.6. The second-order valence-corrected chi connectivity index (χ2v) is 2.97. The molecule has 0 fully saturated rings. The first-order valence-electron chi connectivity index (χ1n) is 4.73. The Morgan fingerprint density at radius 2 is 1.88 bits per heavy atom. The Balaban J connectivity index is 0.00000225. The number of benzene rings is 1. The predicted octanol–water partition coefficient (Wildman–Crippen LogP) is 2.47. The van der Waals surface area contributed by atoms with Gasteiger partial charge >= 0.3 is 0 Å². The van der Waals surface area contributed by atoms with Crippen LogP contribution in [0.1, 0.15) is 13.3 Å². The Bertz CT molecular complexity index is 355. The number of hydrogen-bond acceptors (Lipinski definition) is 3. The minimum atomic E-state index is -0.0257. The maximum atomic E-state index is 11.2. The molecule has 0 radical (unpaired) electrons. The normalized spacial score (nSPS) is 8.94. The monoisotopic (exact) mass is 245 g/mol. The van der Waals surface area contributed by atoms with Crippen molar-refractivity contribution < 1.29 is 14.3 Å². The fourth-order valence-electron chi connectivity index (χ4n) is 1.16. The van der Waals surface area contributed by atoms with Crippen LogP contribution in [0.4, 0.5) is 5.69 Å². The van der Waals surface area contributed by atoms with Crippen molar-refractivity contribution in [1.82, 2.24) is 0 Å². The zero-order chi connectivity index (χ0) is 11.3. The number of methoxy groups -OCH3 is 2. The van der Waals surface area contributed by atoms with E-state index in [0.29, 0.717) is 23.6 Å². The van der Waals surface area contributed by atoms with E-state index in [0.717, 1.165) is 0 Å². The van der Waals surface area contributed by atoms with E-state index < -0.39 is 0 Å². The average molecular weight is 246 g/mol. The van der Waals surface area contributed by atoms with Crippen LogP contribution in [0.25, 0.3) is 0 Å². The van der Waals surface area contributed by atoms with Crippen molar-refractivity contribution in [2.45, 2.75) is 13.3 Å². The number of ether oxygens (including phenoxy) is 2. The Hall–Kier alpha value is -1.42. The van der Waals surface area contributed by atoms with Gasteiger partial charge in [0.05, 0.1) is 14.2 Å². The van der Waals surface area contributed by atoms with Gasteiger partial charge in [0.2, 0.25) is 5.91 Å². The molecule has 1 rings (SSSR count). The molecule has 4 nitrogen and oxygen atoms in total. The molecule has 1 aromatic carbocycles. The van der Waals surface area contributed by atoms with E-state index in [2.05, 4.69) is 5.32 Å². The van der Waals surface area contributed by atoms with Crippen LogP contribution in [0.15, 0.2) is 18.2 Å². The molecule has 0 aliphatic heterocycles. The summed E-state index contributed by atoms with van der Waals surface area (Å²) in [5, 5.41) is 2.74. The van der Waals surface area contributed by atoms with Crippen LogP contribution in [0.5, 0.6) is 11.5 Å². The zero-order valence-corrected chi connectivity index (χ0v) is 10.4. The number of carbonyl (C=O) groups excluding carboxylic acids is 1. The lowest BCUT2D eigenvalue weighted by atomic mass is 10.2. The Morgan fingerprint density at radius 3 is 2.38 bits per heavy atom. The van der Waals surface area contributed by atoms with E-state index >= 15 is 0 Å². The maximum absolute atomic E-state index is 11.2. The van der Waals surface area contributed by atoms with Gasteiger partial charge in [-0.05, 0) is 12.1 Å². The molecule has 0 aromatic heterocycles. The molecule has 5 heteroatoms. The number of hydrogen-bond donors (Lipinski definition) is 1. The number of amides is 1. The molecule has 0 aliphatic rings. The summed E-state index contributed by atoms with van der Waals surface area (Å²) < 4.78 is 10.2. The molecule has 0 aliphatic carbocycles. The van der Waals surface area contributed by atoms with Gasteiger partial charge in [-0.3, -0.25) is 4.79 Å². The van der Waals surface area contributed by atoms with Crippen molar-refractivity contribution in [1.29, 1.82) is 0 Å². The van der Waals surface area contributed by atoms with Gasteiger partial charge < -0.3 is 14.8 Å². The molecule has 1 amide bonds. The first-order valence-corrected chi connectivity index (χ1v) is 4.73. The van der Waals surface area contributed by atoms with E-state index in [1.165, 1.54) is 0 Å². The van der Waals surface area contributed by atoms with Crippen molar-refractivity contribution in [3.63, 3.8) is 0 Å². The third-order valence-electron chi connectivity index (χ3n) is 1.99. The summed E-state index contributed by atoms with van der Waals surface area (Å²) in [6.07, 6.45) is 0.453. The summed E-state index contributed by atoms with van der Waals surface area (Å²) >= 11 is 0. The fourth-order valence-corrected chi connectivity index (χ4v) is 1.16. The fraction of sp³-hybridized carbons (Fsp3) is 0.364. The molecule has 0 atom stereocenters. The van der Waals surface area contributed by atoms with Crippen molar-refractivity contribution >= 4 is 24.0 Å². The topological polar surface area (TPSA) is 47.6 Å². The largest absolute Gasteiger partial charge is 0.493 e. The summed E-state index contributed by atoms with van der Waals surface area (Å²) in [6, 6.07) is 5.26. The molecule has 1 N–H and O–H groups in total. The minimum absolute atomic E-state index is 0. The Labute approximate surface area is 101 Å². The second kappa shape index (κ2) is 6.95. The van der Waals surface area contributed by atoms with Gasteiger partial charge in [-0.1, -0.05) is 6.92 Å². The van der Waals surface area contributed by atoms with Crippen LogP contribution >= 0.6 is 12.4 Å². The van der Waals surface area contributed by atoms with Crippen molar-refractivity contribution in [3.05, 3.63) is 18.2 Å². The molecule has 0 spiro atoms. The standard InChI is InChI=1S/C11H15NO3.ClH/c1-4-11(13)12-8-5-6-9(14-2)10(7-8)15-3;/h5-7H,4H2,1-3H3,(H,12,13);1H. The van der Waals surface area contributed by atoms with Crippen LogP contribution in [-0.2, 0) is 4.79 Å². The molecular weight excluding hydrogens is 230 g/mol. The summed E-state index contributed by atoms with van der Waals surface area (Å²) in [5.41, 5.74) is 0.708. The molecule has 0 heterocycles. The lowest BCUT2D eigenvalue weighted by Crippen LogP contribution is -2.09. The van der Waals surface area contributed by atoms with Gasteiger partial charge in [-0.15, -0.1) is 12.4 Å². The lowest BCUT2D eigenvalue weighted by Gasteiger charge is -2.09. The molecule has 1 aromatic rings. The van der Waals surface area contributed by atoms with Crippen LogP contribution in [0.2, 0.25) is 0 Å². The summed E-state index contributed by atoms with van der Waals surface area (Å²) in [5.74, 6) is 1.22. The van der Waals surface area contributed by atoms with Gasteiger partial charge in [0.15, 0.2) is 11.5 Å². The predicted molar refractivity (Wildman–Crippen MR) is 65.7 cm³/mol. The molecule has 0 unspecified atom stereocenters. The Kier molecular flexibility index (Phi) is 6.34. The van der Waals surface area contributed by atoms with Crippen LogP contribution in [0, 0.1) is 0 Å². The van der Waals surface area contributed by atoms with Crippen LogP contribution in [-0.4, -0.2) is 20.1 Å². The van der Waals surface area contributed by atoms with Gasteiger partial charge in [0.25, 0.3) is 0 Å². The van der Waals surface area contributed by atoms with Gasteiger partial charge in [-0.25, -0.2) is 0 Å². The zero-order valence-electron chi connectivity index (χ0n) is 9.57. The second-order valence-electron chi connectivity index (χ2n) is 2.97. The number of halogens is 1. The number of nitrogens with one attached hydrogen (secondary N) is 1. The Morgan fingerprint density at radius 1 is 1.25 bits per heavy atom. The third kappa shape index (κ3) is 3.62. The summed E-state index contributed by atoms with van der Waals surface area (Å²) in [7, 11) is 3.13. The van der Waals surface area contributed by atoms with E-state index in [1.807, 2.05) is 0 Å². The number of rotatable bonds is 4. The minimum Gasteiger partial charge on any atom is -0.493 e. The first-order chi connectivity index (χ1) is 7.21. The third-order valence-corrected chi connectivity index (χ3v) is 1.99. The molecular formula is C11H16ClNO3. The van der Waals surface area contributed by atoms with Crippen LogP contribution in [0.3, 0.4) is 0 Å². The smallest absolute Gasteiger partial charge is 0.224 e. The maximum Gasteiger partial charge on any atom is 0.224 e. The van der Waals surface area contributed by atoms with E-state index in [-0.39, 0.29) is 18.3 Å². The van der Waals surface area contributed by atoms with Crippen molar-refractivity contribution in [2.24, 2.45) is 0 Å². The number of anilines is 1. The SMILES string of the molecule is CCC(=O)Nc1ccc(OC)c(OC)c1.Cl. The molecule has 0 saturated carbocycles. The highest BCUT2D eigenvalue weighted by atomic mass is 35.5. The van der Waals surface area contributed by atoms with E-state index in [1.54, 1.807) is 39.3 Å². The van der Waals surface area contributed by atoms with Gasteiger partial charge in [-0.2, -0.15) is 0 Å².